The quantitative estimate of drug-likeness (QED) is 0.675. The van der Waals surface area contributed by atoms with E-state index in [1.54, 1.807) is 25.3 Å². The van der Waals surface area contributed by atoms with Crippen molar-refractivity contribution < 1.29 is 4.39 Å². The topological polar surface area (TPSA) is 87.6 Å². The molecule has 0 aliphatic heterocycles. The number of aromatic amines is 2. The van der Waals surface area contributed by atoms with Crippen LogP contribution in [0.1, 0.15) is 5.69 Å². The van der Waals surface area contributed by atoms with Crippen molar-refractivity contribution in [1.82, 2.24) is 15.2 Å². The average molecular weight is 284 g/mol. The van der Waals surface area contributed by atoms with Crippen LogP contribution in [0.5, 0.6) is 0 Å². The first-order valence-electron chi connectivity index (χ1n) is 6.36. The molecule has 2 aromatic heterocycles. The van der Waals surface area contributed by atoms with Gasteiger partial charge < -0.3 is 10.7 Å². The molecule has 21 heavy (non-hydrogen) atoms. The van der Waals surface area contributed by atoms with Crippen molar-refractivity contribution in [1.29, 1.82) is 0 Å². The van der Waals surface area contributed by atoms with Crippen molar-refractivity contribution in [3.8, 4) is 22.4 Å². The number of nitrogens with two attached hydrogens (primary N) is 1. The number of benzene rings is 1. The summed E-state index contributed by atoms with van der Waals surface area (Å²) in [5.74, 6) is -0.160. The van der Waals surface area contributed by atoms with Crippen molar-refractivity contribution in [2.24, 2.45) is 0 Å². The van der Waals surface area contributed by atoms with Gasteiger partial charge in [0.2, 0.25) is 0 Å². The number of nitrogens with zero attached hydrogens (tertiary/aromatic N) is 1. The number of nitrogens with one attached hydrogen (secondary N) is 2. The van der Waals surface area contributed by atoms with Crippen LogP contribution in [0.4, 0.5) is 10.2 Å². The van der Waals surface area contributed by atoms with Crippen LogP contribution in [0.25, 0.3) is 22.4 Å². The van der Waals surface area contributed by atoms with Gasteiger partial charge in [-0.3, -0.25) is 9.89 Å². The smallest absolute Gasteiger partial charge is 0.191 e. The summed E-state index contributed by atoms with van der Waals surface area (Å²) in [7, 11) is 0. The molecule has 0 amide bonds. The molecular formula is C15H13FN4O. The van der Waals surface area contributed by atoms with Gasteiger partial charge in [0.15, 0.2) is 11.2 Å². The minimum Gasteiger partial charge on any atom is -0.382 e. The second kappa shape index (κ2) is 4.90. The molecule has 1 aromatic carbocycles. The third-order valence-electron chi connectivity index (χ3n) is 3.23. The van der Waals surface area contributed by atoms with Crippen LogP contribution in [-0.4, -0.2) is 15.2 Å². The molecule has 0 radical (unpaired) electrons. The first kappa shape index (κ1) is 13.1. The average Bonchev–Trinajstić information content (AvgIpc) is 2.80. The number of nitrogen functional groups attached to an aromatic ring is 1. The molecule has 3 aromatic rings. The lowest BCUT2D eigenvalue weighted by Gasteiger charge is -2.05. The molecule has 4 N–H and O–H groups in total. The van der Waals surface area contributed by atoms with E-state index in [1.807, 2.05) is 0 Å². The second-order valence-electron chi connectivity index (χ2n) is 4.76. The van der Waals surface area contributed by atoms with E-state index in [0.717, 1.165) is 5.69 Å². The van der Waals surface area contributed by atoms with Gasteiger partial charge in [0.25, 0.3) is 0 Å². The number of H-pyrrole nitrogens is 2. The Morgan fingerprint density at radius 3 is 2.81 bits per heavy atom. The van der Waals surface area contributed by atoms with Crippen LogP contribution in [0, 0.1) is 12.7 Å². The van der Waals surface area contributed by atoms with Crippen molar-refractivity contribution in [2.45, 2.75) is 6.92 Å². The zero-order valence-electron chi connectivity index (χ0n) is 11.3. The van der Waals surface area contributed by atoms with Crippen LogP contribution in [0.3, 0.4) is 0 Å². The summed E-state index contributed by atoms with van der Waals surface area (Å²) < 4.78 is 13.4. The molecule has 0 unspecified atom stereocenters. The molecule has 3 rings (SSSR count). The van der Waals surface area contributed by atoms with E-state index in [2.05, 4.69) is 15.2 Å². The Balaban J connectivity index is 2.24. The van der Waals surface area contributed by atoms with E-state index in [0.29, 0.717) is 22.4 Å². The number of halogens is 1. The Kier molecular flexibility index (Phi) is 3.06. The molecule has 0 aliphatic rings. The summed E-state index contributed by atoms with van der Waals surface area (Å²) in [6, 6.07) is 7.49. The van der Waals surface area contributed by atoms with Gasteiger partial charge in [-0.1, -0.05) is 12.1 Å². The fourth-order valence-electron chi connectivity index (χ4n) is 2.26. The minimum atomic E-state index is -0.378. The number of pyridine rings is 1. The van der Waals surface area contributed by atoms with Crippen molar-refractivity contribution in [2.75, 3.05) is 5.73 Å². The van der Waals surface area contributed by atoms with Gasteiger partial charge in [-0.15, -0.1) is 0 Å². The monoisotopic (exact) mass is 284 g/mol. The summed E-state index contributed by atoms with van der Waals surface area (Å²) in [5, 5.41) is 6.69. The first-order chi connectivity index (χ1) is 10.1. The molecule has 0 spiro atoms. The molecule has 5 nitrogen and oxygen atoms in total. The van der Waals surface area contributed by atoms with Gasteiger partial charge in [-0.05, 0) is 24.6 Å². The summed E-state index contributed by atoms with van der Waals surface area (Å²) in [4.78, 5) is 15.1. The van der Waals surface area contributed by atoms with Gasteiger partial charge in [0.05, 0.1) is 16.8 Å². The Bertz CT molecular complexity index is 866. The van der Waals surface area contributed by atoms with Crippen LogP contribution >= 0.6 is 0 Å². The predicted molar refractivity (Wildman–Crippen MR) is 79.2 cm³/mol. The molecule has 0 saturated heterocycles. The lowest BCUT2D eigenvalue weighted by atomic mass is 10.0. The molecule has 106 valence electrons. The lowest BCUT2D eigenvalue weighted by Crippen LogP contribution is -2.06. The fraction of sp³-hybridized carbons (Fsp3) is 0.0667. The number of hydrogen-bond acceptors (Lipinski definition) is 3. The summed E-state index contributed by atoms with van der Waals surface area (Å²) in [6.45, 7) is 1.79. The molecule has 0 bridgehead atoms. The van der Waals surface area contributed by atoms with E-state index in [-0.39, 0.29) is 17.1 Å². The predicted octanol–water partition coefficient (Wildman–Crippen LogP) is 2.46. The number of aryl methyl sites for hydroxylation is 1. The third kappa shape index (κ3) is 2.31. The first-order valence-corrected chi connectivity index (χ1v) is 6.36. The Morgan fingerprint density at radius 2 is 2.10 bits per heavy atom. The zero-order valence-corrected chi connectivity index (χ0v) is 11.3. The van der Waals surface area contributed by atoms with Gasteiger partial charge in [-0.2, -0.15) is 5.10 Å². The highest BCUT2D eigenvalue weighted by Crippen LogP contribution is 2.33. The molecule has 0 aliphatic carbocycles. The van der Waals surface area contributed by atoms with Crippen LogP contribution in [0.15, 0.2) is 41.3 Å². The Morgan fingerprint density at radius 1 is 1.29 bits per heavy atom. The molecular weight excluding hydrogens is 271 g/mol. The summed E-state index contributed by atoms with van der Waals surface area (Å²) in [5.41, 5.74) is 8.42. The van der Waals surface area contributed by atoms with Crippen LogP contribution < -0.4 is 11.2 Å². The third-order valence-corrected chi connectivity index (χ3v) is 3.23. The molecule has 0 fully saturated rings. The highest BCUT2D eigenvalue weighted by atomic mass is 19.1. The Hall–Kier alpha value is -2.89. The minimum absolute atomic E-state index is 0.160. The maximum atomic E-state index is 13.4. The van der Waals surface area contributed by atoms with E-state index in [4.69, 9.17) is 5.73 Å². The van der Waals surface area contributed by atoms with Crippen LogP contribution in [0.2, 0.25) is 0 Å². The number of anilines is 1. The molecule has 0 atom stereocenters. The van der Waals surface area contributed by atoms with E-state index in [1.165, 1.54) is 18.2 Å². The van der Waals surface area contributed by atoms with Crippen molar-refractivity contribution in [3.05, 3.63) is 58.3 Å². The van der Waals surface area contributed by atoms with Gasteiger partial charge in [0.1, 0.15) is 5.82 Å². The van der Waals surface area contributed by atoms with Crippen molar-refractivity contribution >= 4 is 5.82 Å². The molecule has 6 heteroatoms. The number of aromatic nitrogens is 3. The van der Waals surface area contributed by atoms with Crippen LogP contribution in [-0.2, 0) is 0 Å². The van der Waals surface area contributed by atoms with Gasteiger partial charge >= 0.3 is 0 Å². The number of rotatable bonds is 2. The summed E-state index contributed by atoms with van der Waals surface area (Å²) >= 11 is 0. The highest BCUT2D eigenvalue weighted by Gasteiger charge is 2.17. The standard InChI is InChI=1S/C15H13FN4O/c1-8-5-12(21)11(7-18-8)14-13(15(17)20-19-14)9-3-2-4-10(16)6-9/h2-7H,1H3,(H,18,21)(H3,17,19,20). The van der Waals surface area contributed by atoms with E-state index in [9.17, 15) is 9.18 Å². The highest BCUT2D eigenvalue weighted by molar-refractivity contribution is 5.87. The normalized spacial score (nSPS) is 10.8. The SMILES string of the molecule is Cc1cc(=O)c(-c2[nH]nc(N)c2-c2cccc(F)c2)c[nH]1. The number of hydrogen-bond donors (Lipinski definition) is 3. The maximum Gasteiger partial charge on any atom is 0.191 e. The van der Waals surface area contributed by atoms with E-state index >= 15 is 0 Å². The zero-order chi connectivity index (χ0) is 15.0. The molecule has 0 saturated carbocycles. The van der Waals surface area contributed by atoms with E-state index < -0.39 is 0 Å². The van der Waals surface area contributed by atoms with Gasteiger partial charge in [0, 0.05) is 18.0 Å². The lowest BCUT2D eigenvalue weighted by molar-refractivity contribution is 0.628. The van der Waals surface area contributed by atoms with Gasteiger partial charge in [-0.25, -0.2) is 4.39 Å². The molecule has 2 heterocycles. The van der Waals surface area contributed by atoms with Crippen molar-refractivity contribution in [3.63, 3.8) is 0 Å². The second-order valence-corrected chi connectivity index (χ2v) is 4.76. The summed E-state index contributed by atoms with van der Waals surface area (Å²) in [6.07, 6.45) is 1.59. The maximum absolute atomic E-state index is 13.4. The largest absolute Gasteiger partial charge is 0.382 e. The fourth-order valence-corrected chi connectivity index (χ4v) is 2.26. The Labute approximate surface area is 119 Å².